The van der Waals surface area contributed by atoms with Crippen LogP contribution in [0, 0.1) is 0 Å². The maximum absolute atomic E-state index is 12.5. The summed E-state index contributed by atoms with van der Waals surface area (Å²) in [4.78, 5) is 12.5. The van der Waals surface area contributed by atoms with Crippen molar-refractivity contribution < 1.29 is 14.6 Å². The molecule has 0 heterocycles. The van der Waals surface area contributed by atoms with Crippen molar-refractivity contribution in [2.45, 2.75) is 77.6 Å². The number of rotatable bonds is 11. The van der Waals surface area contributed by atoms with Crippen LogP contribution in [0.1, 0.15) is 59.8 Å². The van der Waals surface area contributed by atoms with Crippen molar-refractivity contribution in [2.75, 3.05) is 12.0 Å². The topological polar surface area (TPSA) is 46.5 Å². The molecule has 3 nitrogen and oxygen atoms in total. The minimum Gasteiger partial charge on any atom is -0.382 e. The summed E-state index contributed by atoms with van der Waals surface area (Å²) in [5, 5.41) is 10.4. The summed E-state index contributed by atoms with van der Waals surface area (Å²) in [6, 6.07) is 0. The molecule has 19 heavy (non-hydrogen) atoms. The smallest absolute Gasteiger partial charge is 0.192 e. The molecule has 0 saturated carbocycles. The van der Waals surface area contributed by atoms with Gasteiger partial charge in [-0.1, -0.05) is 27.7 Å². The molecule has 0 aliphatic rings. The number of hydrogen-bond donors (Lipinski definition) is 1. The number of carbonyl (C=O) groups excluding carboxylic acids is 1. The van der Waals surface area contributed by atoms with Crippen LogP contribution in [-0.2, 0) is 9.53 Å². The van der Waals surface area contributed by atoms with Gasteiger partial charge in [0.2, 0.25) is 0 Å². The van der Waals surface area contributed by atoms with Crippen molar-refractivity contribution in [3.63, 3.8) is 0 Å². The zero-order valence-corrected chi connectivity index (χ0v) is 13.9. The van der Waals surface area contributed by atoms with Gasteiger partial charge in [0.1, 0.15) is 11.7 Å². The van der Waals surface area contributed by atoms with E-state index in [0.29, 0.717) is 19.3 Å². The SMILES string of the molecule is CCC(CC)OC(CCSC)C(=O)C(O)(CC)CC. The maximum Gasteiger partial charge on any atom is 0.192 e. The highest BCUT2D eigenvalue weighted by atomic mass is 32.2. The van der Waals surface area contributed by atoms with Crippen LogP contribution >= 0.6 is 11.8 Å². The van der Waals surface area contributed by atoms with Gasteiger partial charge in [-0.05, 0) is 44.1 Å². The van der Waals surface area contributed by atoms with Crippen LogP contribution < -0.4 is 0 Å². The lowest BCUT2D eigenvalue weighted by Gasteiger charge is -2.30. The lowest BCUT2D eigenvalue weighted by molar-refractivity contribution is -0.154. The summed E-state index contributed by atoms with van der Waals surface area (Å²) in [6.07, 6.45) is 5.03. The van der Waals surface area contributed by atoms with Crippen LogP contribution in [0.3, 0.4) is 0 Å². The number of carbonyl (C=O) groups is 1. The molecule has 1 N–H and O–H groups in total. The molecule has 0 aromatic heterocycles. The van der Waals surface area contributed by atoms with Crippen molar-refractivity contribution >= 4 is 17.5 Å². The van der Waals surface area contributed by atoms with Crippen LogP contribution in [0.2, 0.25) is 0 Å². The van der Waals surface area contributed by atoms with Crippen molar-refractivity contribution in [1.29, 1.82) is 0 Å². The van der Waals surface area contributed by atoms with E-state index in [0.717, 1.165) is 18.6 Å². The van der Waals surface area contributed by atoms with Gasteiger partial charge in [-0.25, -0.2) is 0 Å². The highest BCUT2D eigenvalue weighted by Gasteiger charge is 2.38. The van der Waals surface area contributed by atoms with Gasteiger partial charge in [-0.2, -0.15) is 11.8 Å². The Bertz CT molecular complexity index is 248. The van der Waals surface area contributed by atoms with Crippen molar-refractivity contribution in [3.8, 4) is 0 Å². The molecule has 1 atom stereocenters. The average Bonchev–Trinajstić information content (AvgIpc) is 2.46. The normalized spacial score (nSPS) is 13.8. The predicted octanol–water partition coefficient (Wildman–Crippen LogP) is 3.43. The van der Waals surface area contributed by atoms with Gasteiger partial charge < -0.3 is 9.84 Å². The summed E-state index contributed by atoms with van der Waals surface area (Å²) in [5.41, 5.74) is -1.23. The molecular weight excluding hydrogens is 260 g/mol. The molecule has 0 spiro atoms. The maximum atomic E-state index is 12.5. The first-order chi connectivity index (χ1) is 8.98. The van der Waals surface area contributed by atoms with E-state index in [-0.39, 0.29) is 11.9 Å². The van der Waals surface area contributed by atoms with Gasteiger partial charge in [0.15, 0.2) is 5.78 Å². The molecule has 114 valence electrons. The van der Waals surface area contributed by atoms with E-state index in [4.69, 9.17) is 4.74 Å². The molecule has 0 fully saturated rings. The molecule has 0 aliphatic carbocycles. The molecule has 0 aromatic rings. The van der Waals surface area contributed by atoms with Crippen LogP contribution in [-0.4, -0.2) is 40.7 Å². The Balaban J connectivity index is 4.86. The lowest BCUT2D eigenvalue weighted by Crippen LogP contribution is -2.46. The molecule has 0 aromatic carbocycles. The molecule has 0 amide bonds. The molecule has 1 unspecified atom stereocenters. The van der Waals surface area contributed by atoms with E-state index in [2.05, 4.69) is 13.8 Å². The van der Waals surface area contributed by atoms with Crippen LogP contribution in [0.25, 0.3) is 0 Å². The molecular formula is C15H30O3S. The van der Waals surface area contributed by atoms with E-state index in [1.54, 1.807) is 11.8 Å². The van der Waals surface area contributed by atoms with E-state index in [1.165, 1.54) is 0 Å². The summed E-state index contributed by atoms with van der Waals surface area (Å²) < 4.78 is 5.94. The van der Waals surface area contributed by atoms with E-state index in [9.17, 15) is 9.90 Å². The zero-order chi connectivity index (χ0) is 14.9. The van der Waals surface area contributed by atoms with Gasteiger partial charge in [0.05, 0.1) is 6.10 Å². The van der Waals surface area contributed by atoms with E-state index < -0.39 is 11.7 Å². The number of ether oxygens (including phenoxy) is 1. The van der Waals surface area contributed by atoms with Gasteiger partial charge in [-0.15, -0.1) is 0 Å². The first-order valence-corrected chi connectivity index (χ1v) is 8.79. The Morgan fingerprint density at radius 3 is 2.11 bits per heavy atom. The average molecular weight is 290 g/mol. The molecule has 4 heteroatoms. The monoisotopic (exact) mass is 290 g/mol. The van der Waals surface area contributed by atoms with Crippen molar-refractivity contribution in [1.82, 2.24) is 0 Å². The van der Waals surface area contributed by atoms with Gasteiger partial charge in [-0.3, -0.25) is 4.79 Å². The quantitative estimate of drug-likeness (QED) is 0.633. The third-order valence-corrected chi connectivity index (χ3v) is 4.42. The number of Topliss-reactive ketones (excluding diaryl/α,β-unsaturated/α-hetero) is 1. The fourth-order valence-corrected chi connectivity index (χ4v) is 2.55. The molecule has 0 rings (SSSR count). The number of aliphatic hydroxyl groups is 1. The van der Waals surface area contributed by atoms with Crippen LogP contribution in [0.4, 0.5) is 0 Å². The summed E-state index contributed by atoms with van der Waals surface area (Å²) in [6.45, 7) is 7.83. The highest BCUT2D eigenvalue weighted by molar-refractivity contribution is 7.98. The Morgan fingerprint density at radius 2 is 1.74 bits per heavy atom. The largest absolute Gasteiger partial charge is 0.382 e. The molecule has 0 saturated heterocycles. The molecule has 0 bridgehead atoms. The van der Waals surface area contributed by atoms with Gasteiger partial charge in [0.25, 0.3) is 0 Å². The Kier molecular flexibility index (Phi) is 9.75. The number of thioether (sulfide) groups is 1. The summed E-state index contributed by atoms with van der Waals surface area (Å²) in [7, 11) is 0. The standard InChI is InChI=1S/C15H30O3S/c1-6-12(7-2)18-13(10-11-19-5)14(16)15(17,8-3)9-4/h12-13,17H,6-11H2,1-5H3. The summed E-state index contributed by atoms with van der Waals surface area (Å²) >= 11 is 1.70. The molecule has 0 aliphatic heterocycles. The van der Waals surface area contributed by atoms with Crippen LogP contribution in [0.15, 0.2) is 0 Å². The second-order valence-corrected chi connectivity index (χ2v) is 5.93. The zero-order valence-electron chi connectivity index (χ0n) is 13.1. The van der Waals surface area contributed by atoms with E-state index >= 15 is 0 Å². The minimum atomic E-state index is -1.23. The lowest BCUT2D eigenvalue weighted by atomic mass is 9.88. The number of hydrogen-bond acceptors (Lipinski definition) is 4. The second kappa shape index (κ2) is 9.78. The van der Waals surface area contributed by atoms with Gasteiger partial charge in [0, 0.05) is 0 Å². The number of ketones is 1. The van der Waals surface area contributed by atoms with Crippen molar-refractivity contribution in [3.05, 3.63) is 0 Å². The Morgan fingerprint density at radius 1 is 1.21 bits per heavy atom. The second-order valence-electron chi connectivity index (χ2n) is 4.95. The van der Waals surface area contributed by atoms with Crippen molar-refractivity contribution in [2.24, 2.45) is 0 Å². The molecule has 0 radical (unpaired) electrons. The Hall–Kier alpha value is -0.0600. The first-order valence-electron chi connectivity index (χ1n) is 7.40. The minimum absolute atomic E-state index is 0.105. The fourth-order valence-electron chi connectivity index (χ4n) is 2.10. The first kappa shape index (κ1) is 18.9. The highest BCUT2D eigenvalue weighted by Crippen LogP contribution is 2.23. The third kappa shape index (κ3) is 5.84. The fraction of sp³-hybridized carbons (Fsp3) is 0.933. The van der Waals surface area contributed by atoms with Crippen LogP contribution in [0.5, 0.6) is 0 Å². The predicted molar refractivity (Wildman–Crippen MR) is 82.8 cm³/mol. The van der Waals surface area contributed by atoms with Gasteiger partial charge >= 0.3 is 0 Å². The third-order valence-electron chi connectivity index (χ3n) is 3.77. The van der Waals surface area contributed by atoms with E-state index in [1.807, 2.05) is 20.1 Å². The Labute approximate surface area is 122 Å². The summed E-state index contributed by atoms with van der Waals surface area (Å²) in [5.74, 6) is 0.735.